The first-order valence-electron chi connectivity index (χ1n) is 15.1. The summed E-state index contributed by atoms with van der Waals surface area (Å²) in [6.45, 7) is 2.53. The molecule has 0 bridgehead atoms. The lowest BCUT2D eigenvalue weighted by molar-refractivity contribution is 0.270. The fraction of sp³-hybridized carbons (Fsp3) is 0.282. The zero-order valence-corrected chi connectivity index (χ0v) is 23.8. The first kappa shape index (κ1) is 23.4. The van der Waals surface area contributed by atoms with E-state index in [0.717, 1.165) is 43.5 Å². The molecule has 7 aliphatic rings. The molecule has 9 rings (SSSR count). The molecule has 0 aromatic heterocycles. The van der Waals surface area contributed by atoms with Crippen LogP contribution in [-0.4, -0.2) is 0 Å². The number of allylic oxidation sites excluding steroid dienone is 16. The summed E-state index contributed by atoms with van der Waals surface area (Å²) in [6.07, 6.45) is 30.5. The number of fused-ring (bicyclic) bond motifs is 14. The van der Waals surface area contributed by atoms with Gasteiger partial charge in [-0.25, -0.2) is 0 Å². The maximum absolute atomic E-state index is 7.57. The van der Waals surface area contributed by atoms with Crippen LogP contribution in [0, 0.1) is 11.3 Å². The second-order valence-corrected chi connectivity index (χ2v) is 13.2. The molecule has 0 radical (unpaired) electrons. The van der Waals surface area contributed by atoms with Crippen LogP contribution in [0.15, 0.2) is 137 Å². The lowest BCUT2D eigenvalue weighted by atomic mass is 9.45. The largest absolute Gasteiger partial charge is 0.0840 e. The van der Waals surface area contributed by atoms with Gasteiger partial charge >= 0.3 is 0 Å². The topological polar surface area (TPSA) is 0 Å². The van der Waals surface area contributed by atoms with E-state index < -0.39 is 0 Å². The highest BCUT2D eigenvalue weighted by Crippen LogP contribution is 2.74. The first-order valence-corrected chi connectivity index (χ1v) is 15.5. The molecule has 0 saturated carbocycles. The summed E-state index contributed by atoms with van der Waals surface area (Å²) in [5.74, 6) is 0.471. The predicted molar refractivity (Wildman–Crippen MR) is 166 cm³/mol. The highest BCUT2D eigenvalue weighted by atomic mass is 35.5. The zero-order chi connectivity index (χ0) is 26.7. The number of hydrogen-bond donors (Lipinski definition) is 0. The summed E-state index contributed by atoms with van der Waals surface area (Å²) in [4.78, 5) is 0. The minimum Gasteiger partial charge on any atom is -0.0840 e. The molecule has 2 spiro atoms. The third-order valence-electron chi connectivity index (χ3n) is 11.4. The van der Waals surface area contributed by atoms with Crippen molar-refractivity contribution in [3.63, 3.8) is 0 Å². The minimum atomic E-state index is -0.304. The van der Waals surface area contributed by atoms with Gasteiger partial charge in [0.15, 0.2) is 0 Å². The van der Waals surface area contributed by atoms with Gasteiger partial charge in [-0.05, 0) is 94.7 Å². The van der Waals surface area contributed by atoms with Gasteiger partial charge in [0.1, 0.15) is 0 Å². The van der Waals surface area contributed by atoms with Crippen LogP contribution in [0.2, 0.25) is 5.02 Å². The van der Waals surface area contributed by atoms with Crippen LogP contribution in [0.1, 0.15) is 67.7 Å². The molecule has 0 fully saturated rings. The van der Waals surface area contributed by atoms with Crippen molar-refractivity contribution in [3.05, 3.63) is 164 Å². The molecule has 2 aromatic rings. The van der Waals surface area contributed by atoms with Crippen LogP contribution in [0.25, 0.3) is 0 Å². The molecule has 7 aliphatic carbocycles. The maximum Gasteiger partial charge on any atom is 0.0676 e. The Morgan fingerprint density at radius 3 is 2.52 bits per heavy atom. The Hall–Kier alpha value is -3.35. The van der Waals surface area contributed by atoms with Gasteiger partial charge in [-0.1, -0.05) is 121 Å². The van der Waals surface area contributed by atoms with Gasteiger partial charge < -0.3 is 0 Å². The fourth-order valence-electron chi connectivity index (χ4n) is 10.2. The maximum atomic E-state index is 7.57. The van der Waals surface area contributed by atoms with Crippen LogP contribution in [0.5, 0.6) is 0 Å². The minimum absolute atomic E-state index is 0.114. The molecule has 196 valence electrons. The summed E-state index contributed by atoms with van der Waals surface area (Å²) in [6, 6.07) is 16.3. The monoisotopic (exact) mass is 536 g/mol. The standard InChI is InChI=1S/C39H33Cl/c1-37-24-11-10-16-28(37)27-15-4-7-19-31(27)39(37)33-21-9-8-20-32(33)38(34-22-12-23-35(40)36(34)39)29-17-5-2-13-25(29)26-14-3-6-18-30(26)38/h2,4-6,8-12,15-18,20-23,25H,3,7,13-14,19,24H2,1H3/t25?,37?,38?,39-/m0/s1. The Morgan fingerprint density at radius 2 is 1.60 bits per heavy atom. The summed E-state index contributed by atoms with van der Waals surface area (Å²) in [5, 5.41) is 0.919. The van der Waals surface area contributed by atoms with E-state index in [1.807, 2.05) is 0 Å². The summed E-state index contributed by atoms with van der Waals surface area (Å²) < 4.78 is 0. The summed E-state index contributed by atoms with van der Waals surface area (Å²) >= 11 is 7.57. The Kier molecular flexibility index (Phi) is 4.61. The average Bonchev–Trinajstić information content (AvgIpc) is 3.42. The Morgan fingerprint density at radius 1 is 0.800 bits per heavy atom. The van der Waals surface area contributed by atoms with Crippen molar-refractivity contribution in [3.8, 4) is 0 Å². The quantitative estimate of drug-likeness (QED) is 0.314. The van der Waals surface area contributed by atoms with Gasteiger partial charge in [0, 0.05) is 16.4 Å². The molecule has 40 heavy (non-hydrogen) atoms. The van der Waals surface area contributed by atoms with E-state index in [9.17, 15) is 0 Å². The third kappa shape index (κ3) is 2.41. The molecule has 1 heteroatoms. The Balaban J connectivity index is 1.50. The smallest absolute Gasteiger partial charge is 0.0676 e. The van der Waals surface area contributed by atoms with Crippen LogP contribution in [0.3, 0.4) is 0 Å². The molecule has 0 N–H and O–H groups in total. The Labute approximate surface area is 242 Å². The van der Waals surface area contributed by atoms with Gasteiger partial charge in [0.25, 0.3) is 0 Å². The fourth-order valence-corrected chi connectivity index (χ4v) is 10.5. The normalized spacial score (nSPS) is 33.9. The van der Waals surface area contributed by atoms with E-state index in [4.69, 9.17) is 11.6 Å². The summed E-state index contributed by atoms with van der Waals surface area (Å²) in [5.41, 5.74) is 14.2. The lowest BCUT2D eigenvalue weighted by Crippen LogP contribution is -2.52. The van der Waals surface area contributed by atoms with Gasteiger partial charge in [-0.2, -0.15) is 0 Å². The van der Waals surface area contributed by atoms with Gasteiger partial charge in [-0.3, -0.25) is 0 Å². The van der Waals surface area contributed by atoms with Gasteiger partial charge in [-0.15, -0.1) is 0 Å². The van der Waals surface area contributed by atoms with E-state index in [1.165, 1.54) is 39.0 Å². The molecule has 0 saturated heterocycles. The van der Waals surface area contributed by atoms with Gasteiger partial charge in [0.05, 0.1) is 10.8 Å². The molecule has 0 aliphatic heterocycles. The van der Waals surface area contributed by atoms with Gasteiger partial charge in [0.2, 0.25) is 0 Å². The molecular weight excluding hydrogens is 504 g/mol. The third-order valence-corrected chi connectivity index (χ3v) is 11.7. The SMILES string of the molecule is CC12CC=CC=C1C1=C(CCC=C1)[C@@]21c2ccccc2C2(C3=CC=CCC3C3=C2C=CCC3)c2cccc(Cl)c21. The average molecular weight is 537 g/mol. The van der Waals surface area contributed by atoms with Crippen molar-refractivity contribution in [1.82, 2.24) is 0 Å². The molecule has 0 heterocycles. The first-order chi connectivity index (χ1) is 19.6. The van der Waals surface area contributed by atoms with Crippen molar-refractivity contribution in [2.24, 2.45) is 11.3 Å². The van der Waals surface area contributed by atoms with Crippen molar-refractivity contribution in [2.75, 3.05) is 0 Å². The molecule has 2 aromatic carbocycles. The molecule has 0 amide bonds. The molecule has 0 nitrogen and oxygen atoms in total. The van der Waals surface area contributed by atoms with Crippen molar-refractivity contribution < 1.29 is 0 Å². The van der Waals surface area contributed by atoms with E-state index in [2.05, 4.69) is 110 Å². The van der Waals surface area contributed by atoms with Crippen LogP contribution < -0.4 is 0 Å². The van der Waals surface area contributed by atoms with Crippen LogP contribution >= 0.6 is 11.6 Å². The Bertz CT molecular complexity index is 1780. The zero-order valence-electron chi connectivity index (χ0n) is 23.0. The van der Waals surface area contributed by atoms with E-state index in [1.54, 1.807) is 16.7 Å². The predicted octanol–water partition coefficient (Wildman–Crippen LogP) is 9.94. The lowest BCUT2D eigenvalue weighted by Gasteiger charge is -2.56. The van der Waals surface area contributed by atoms with Crippen LogP contribution in [0.4, 0.5) is 0 Å². The highest BCUT2D eigenvalue weighted by Gasteiger charge is 2.67. The second kappa shape index (κ2) is 7.89. The number of halogens is 1. The molecular formula is C39H33Cl. The van der Waals surface area contributed by atoms with E-state index >= 15 is 0 Å². The molecule has 3 unspecified atom stereocenters. The number of rotatable bonds is 0. The van der Waals surface area contributed by atoms with Crippen LogP contribution in [-0.2, 0) is 10.8 Å². The van der Waals surface area contributed by atoms with E-state index in [-0.39, 0.29) is 16.2 Å². The molecule has 4 atom stereocenters. The van der Waals surface area contributed by atoms with E-state index in [0.29, 0.717) is 5.92 Å². The highest BCUT2D eigenvalue weighted by molar-refractivity contribution is 6.32. The summed E-state index contributed by atoms with van der Waals surface area (Å²) in [7, 11) is 0. The van der Waals surface area contributed by atoms with Crippen molar-refractivity contribution in [2.45, 2.75) is 56.3 Å². The second-order valence-electron chi connectivity index (χ2n) is 12.8. The van der Waals surface area contributed by atoms with Crippen molar-refractivity contribution >= 4 is 11.6 Å². The van der Waals surface area contributed by atoms with Crippen molar-refractivity contribution in [1.29, 1.82) is 0 Å². The number of hydrogen-bond acceptors (Lipinski definition) is 0. The number of benzene rings is 2.